The third kappa shape index (κ3) is 5.13. The first-order valence-corrected chi connectivity index (χ1v) is 7.09. The van der Waals surface area contributed by atoms with Gasteiger partial charge in [-0.3, -0.25) is 9.00 Å². The summed E-state index contributed by atoms with van der Waals surface area (Å²) in [6, 6.07) is 9.92. The minimum Gasteiger partial charge on any atom is -0.469 e. The second-order valence-electron chi connectivity index (χ2n) is 3.97. The number of carbonyl (C=O) groups is 1. The first kappa shape index (κ1) is 13.9. The number of benzene rings is 1. The summed E-state index contributed by atoms with van der Waals surface area (Å²) in [7, 11) is 0.379. The fourth-order valence-corrected chi connectivity index (χ4v) is 2.83. The molecular formula is C13H18O3S. The molecule has 94 valence electrons. The quantitative estimate of drug-likeness (QED) is 0.727. The summed E-state index contributed by atoms with van der Waals surface area (Å²) >= 11 is 0. The highest BCUT2D eigenvalue weighted by atomic mass is 32.2. The van der Waals surface area contributed by atoms with Gasteiger partial charge in [0.25, 0.3) is 0 Å². The second kappa shape index (κ2) is 7.22. The molecule has 0 saturated carbocycles. The van der Waals surface area contributed by atoms with Crippen molar-refractivity contribution in [2.24, 2.45) is 5.92 Å². The van der Waals surface area contributed by atoms with Gasteiger partial charge in [-0.1, -0.05) is 37.3 Å². The molecule has 2 atom stereocenters. The summed E-state index contributed by atoms with van der Waals surface area (Å²) < 4.78 is 16.4. The summed E-state index contributed by atoms with van der Waals surface area (Å²) in [6.45, 7) is 1.74. The van der Waals surface area contributed by atoms with Crippen LogP contribution in [-0.4, -0.2) is 28.8 Å². The maximum absolute atomic E-state index is 11.8. The fourth-order valence-electron chi connectivity index (χ4n) is 1.51. The molecule has 0 aliphatic carbocycles. The van der Waals surface area contributed by atoms with Gasteiger partial charge in [0.2, 0.25) is 0 Å². The van der Waals surface area contributed by atoms with E-state index in [1.54, 1.807) is 6.92 Å². The number of rotatable bonds is 6. The molecule has 1 rings (SSSR count). The Hall–Kier alpha value is -1.16. The monoisotopic (exact) mass is 254 g/mol. The molecule has 0 radical (unpaired) electrons. The van der Waals surface area contributed by atoms with Gasteiger partial charge in [-0.15, -0.1) is 0 Å². The fraction of sp³-hybridized carbons (Fsp3) is 0.462. The minimum absolute atomic E-state index is 0.293. The predicted molar refractivity (Wildman–Crippen MR) is 69.2 cm³/mol. The molecule has 0 bridgehead atoms. The summed E-state index contributed by atoms with van der Waals surface area (Å²) in [5.74, 6) is 0.375. The first-order valence-electron chi connectivity index (χ1n) is 5.60. The van der Waals surface area contributed by atoms with Gasteiger partial charge in [-0.2, -0.15) is 0 Å². The first-order chi connectivity index (χ1) is 8.13. The number of carbonyl (C=O) groups excluding carboxylic acids is 1. The Kier molecular flexibility index (Phi) is 5.91. The highest BCUT2D eigenvalue weighted by molar-refractivity contribution is 7.85. The van der Waals surface area contributed by atoms with Crippen LogP contribution in [-0.2, 0) is 26.8 Å². The van der Waals surface area contributed by atoms with Gasteiger partial charge in [0.05, 0.1) is 13.0 Å². The van der Waals surface area contributed by atoms with Crippen molar-refractivity contribution in [3.05, 3.63) is 35.9 Å². The van der Waals surface area contributed by atoms with E-state index in [9.17, 15) is 9.00 Å². The van der Waals surface area contributed by atoms with Crippen LogP contribution in [0.2, 0.25) is 0 Å². The van der Waals surface area contributed by atoms with Crippen LogP contribution in [0.5, 0.6) is 0 Å². The molecular weight excluding hydrogens is 236 g/mol. The van der Waals surface area contributed by atoms with Gasteiger partial charge in [-0.25, -0.2) is 0 Å². The number of aryl methyl sites for hydroxylation is 1. The topological polar surface area (TPSA) is 43.4 Å². The average molecular weight is 254 g/mol. The largest absolute Gasteiger partial charge is 0.469 e. The van der Waals surface area contributed by atoms with Crippen molar-refractivity contribution < 1.29 is 13.7 Å². The molecule has 0 heterocycles. The van der Waals surface area contributed by atoms with E-state index in [2.05, 4.69) is 4.74 Å². The van der Waals surface area contributed by atoms with E-state index < -0.39 is 10.8 Å². The number of esters is 1. The Balaban J connectivity index is 2.33. The Morgan fingerprint density at radius 1 is 1.35 bits per heavy atom. The number of hydrogen-bond donors (Lipinski definition) is 0. The average Bonchev–Trinajstić information content (AvgIpc) is 2.36. The molecule has 0 spiro atoms. The van der Waals surface area contributed by atoms with Crippen LogP contribution in [0.4, 0.5) is 0 Å². The third-order valence-corrected chi connectivity index (χ3v) is 4.03. The van der Waals surface area contributed by atoms with Crippen LogP contribution in [0.1, 0.15) is 12.5 Å². The highest BCUT2D eigenvalue weighted by Crippen LogP contribution is 2.04. The zero-order valence-electron chi connectivity index (χ0n) is 10.2. The normalized spacial score (nSPS) is 14.0. The van der Waals surface area contributed by atoms with E-state index in [4.69, 9.17) is 0 Å². The lowest BCUT2D eigenvalue weighted by Crippen LogP contribution is -2.21. The maximum atomic E-state index is 11.8. The van der Waals surface area contributed by atoms with Gasteiger partial charge < -0.3 is 4.74 Å². The van der Waals surface area contributed by atoms with Crippen molar-refractivity contribution in [2.45, 2.75) is 13.3 Å². The van der Waals surface area contributed by atoms with E-state index in [-0.39, 0.29) is 11.9 Å². The van der Waals surface area contributed by atoms with Crippen molar-refractivity contribution in [1.82, 2.24) is 0 Å². The summed E-state index contributed by atoms with van der Waals surface area (Å²) in [4.78, 5) is 11.2. The Bertz CT molecular complexity index is 376. The molecule has 3 nitrogen and oxygen atoms in total. The van der Waals surface area contributed by atoms with Crippen molar-refractivity contribution in [3.63, 3.8) is 0 Å². The van der Waals surface area contributed by atoms with Crippen molar-refractivity contribution in [2.75, 3.05) is 18.6 Å². The van der Waals surface area contributed by atoms with Crippen LogP contribution in [0.15, 0.2) is 30.3 Å². The molecule has 0 aliphatic heterocycles. The zero-order chi connectivity index (χ0) is 12.7. The molecule has 17 heavy (non-hydrogen) atoms. The Morgan fingerprint density at radius 2 is 2.00 bits per heavy atom. The maximum Gasteiger partial charge on any atom is 0.309 e. The van der Waals surface area contributed by atoms with E-state index in [1.807, 2.05) is 30.3 Å². The number of hydrogen-bond acceptors (Lipinski definition) is 3. The molecule has 0 aliphatic rings. The van der Waals surface area contributed by atoms with Gasteiger partial charge in [0.1, 0.15) is 0 Å². The summed E-state index contributed by atoms with van der Waals surface area (Å²) in [5.41, 5.74) is 1.17. The molecule has 2 unspecified atom stereocenters. The predicted octanol–water partition coefficient (Wildman–Crippen LogP) is 1.79. The number of ether oxygens (including phenoxy) is 1. The smallest absolute Gasteiger partial charge is 0.309 e. The van der Waals surface area contributed by atoms with Crippen LogP contribution >= 0.6 is 0 Å². The van der Waals surface area contributed by atoms with E-state index >= 15 is 0 Å². The lowest BCUT2D eigenvalue weighted by atomic mass is 10.2. The summed E-state index contributed by atoms with van der Waals surface area (Å²) in [6.07, 6.45) is 0.779. The van der Waals surface area contributed by atoms with Crippen molar-refractivity contribution >= 4 is 16.8 Å². The molecule has 0 N–H and O–H groups in total. The molecule has 0 fully saturated rings. The van der Waals surface area contributed by atoms with Crippen molar-refractivity contribution in [1.29, 1.82) is 0 Å². The van der Waals surface area contributed by atoms with Gasteiger partial charge in [0, 0.05) is 22.3 Å². The lowest BCUT2D eigenvalue weighted by Gasteiger charge is -2.08. The van der Waals surface area contributed by atoms with Crippen LogP contribution in [0, 0.1) is 5.92 Å². The van der Waals surface area contributed by atoms with E-state index in [1.165, 1.54) is 12.7 Å². The molecule has 0 aromatic heterocycles. The minimum atomic E-state index is -0.974. The van der Waals surface area contributed by atoms with Crippen LogP contribution < -0.4 is 0 Å². The SMILES string of the molecule is COC(=O)C(C)CS(=O)CCc1ccccc1. The molecule has 4 heteroatoms. The van der Waals surface area contributed by atoms with E-state index in [0.29, 0.717) is 11.5 Å². The standard InChI is InChI=1S/C13H18O3S/c1-11(13(14)16-2)10-17(15)9-8-12-6-4-3-5-7-12/h3-7,11H,8-10H2,1-2H3. The van der Waals surface area contributed by atoms with Crippen molar-refractivity contribution in [3.8, 4) is 0 Å². The Labute approximate surface area is 105 Å². The zero-order valence-corrected chi connectivity index (χ0v) is 11.0. The van der Waals surface area contributed by atoms with Gasteiger partial charge >= 0.3 is 5.97 Å². The number of methoxy groups -OCH3 is 1. The molecule has 0 amide bonds. The molecule has 0 saturated heterocycles. The third-order valence-electron chi connectivity index (χ3n) is 2.50. The molecule has 1 aromatic rings. The molecule has 1 aromatic carbocycles. The lowest BCUT2D eigenvalue weighted by molar-refractivity contribution is -0.144. The van der Waals surface area contributed by atoms with Crippen LogP contribution in [0.3, 0.4) is 0 Å². The van der Waals surface area contributed by atoms with E-state index in [0.717, 1.165) is 6.42 Å². The summed E-state index contributed by atoms with van der Waals surface area (Å²) in [5, 5.41) is 0. The van der Waals surface area contributed by atoms with Gasteiger partial charge in [0.15, 0.2) is 0 Å². The second-order valence-corrected chi connectivity index (χ2v) is 5.59. The van der Waals surface area contributed by atoms with Crippen LogP contribution in [0.25, 0.3) is 0 Å². The van der Waals surface area contributed by atoms with Gasteiger partial charge in [-0.05, 0) is 12.0 Å². The highest BCUT2D eigenvalue weighted by Gasteiger charge is 2.16. The Morgan fingerprint density at radius 3 is 2.59 bits per heavy atom.